The number of thiol groups is 1. The van der Waals surface area contributed by atoms with E-state index in [1.807, 2.05) is 6.92 Å². The van der Waals surface area contributed by atoms with Crippen molar-refractivity contribution in [2.45, 2.75) is 31.6 Å². The maximum atomic E-state index is 12.1. The highest BCUT2D eigenvalue weighted by Crippen LogP contribution is 2.19. The molecule has 1 rings (SSSR count). The summed E-state index contributed by atoms with van der Waals surface area (Å²) in [6.45, 7) is 4.65. The minimum absolute atomic E-state index is 0.0498. The summed E-state index contributed by atoms with van der Waals surface area (Å²) in [5.74, 6) is 1.47. The first kappa shape index (κ1) is 16.4. The minimum atomic E-state index is -3.22. The number of benzene rings is 1. The van der Waals surface area contributed by atoms with E-state index >= 15 is 0 Å². The van der Waals surface area contributed by atoms with Crippen LogP contribution in [0.5, 0.6) is 5.75 Å². The predicted molar refractivity (Wildman–Crippen MR) is 81.9 cm³/mol. The van der Waals surface area contributed by atoms with Crippen molar-refractivity contribution in [3.05, 3.63) is 24.3 Å². The largest absolute Gasteiger partial charge is 0.494 e. The summed E-state index contributed by atoms with van der Waals surface area (Å²) in [5.41, 5.74) is 0. The van der Waals surface area contributed by atoms with Crippen LogP contribution in [0.2, 0.25) is 0 Å². The van der Waals surface area contributed by atoms with E-state index in [1.165, 1.54) is 0 Å². The Kier molecular flexibility index (Phi) is 6.72. The summed E-state index contributed by atoms with van der Waals surface area (Å²) >= 11 is 4.12. The van der Waals surface area contributed by atoms with Gasteiger partial charge in [0, 0.05) is 0 Å². The van der Waals surface area contributed by atoms with Crippen LogP contribution in [0.4, 0.5) is 0 Å². The summed E-state index contributed by atoms with van der Waals surface area (Å²) in [6.07, 6.45) is 2.08. The van der Waals surface area contributed by atoms with Crippen molar-refractivity contribution in [2.75, 3.05) is 18.1 Å². The fourth-order valence-electron chi connectivity index (χ4n) is 1.60. The van der Waals surface area contributed by atoms with Gasteiger partial charge in [0.2, 0.25) is 0 Å². The molecule has 0 aromatic heterocycles. The van der Waals surface area contributed by atoms with Crippen LogP contribution >= 0.6 is 12.6 Å². The van der Waals surface area contributed by atoms with E-state index in [4.69, 9.17) is 4.74 Å². The highest BCUT2D eigenvalue weighted by atomic mass is 32.2. The fraction of sp³-hybridized carbons (Fsp3) is 0.571. The zero-order chi connectivity index (χ0) is 14.3. The van der Waals surface area contributed by atoms with Crippen molar-refractivity contribution in [3.8, 4) is 5.75 Å². The molecule has 1 atom stereocenters. The van der Waals surface area contributed by atoms with Crippen LogP contribution in [0.15, 0.2) is 29.2 Å². The molecular formula is C14H22O3S2. The zero-order valence-electron chi connectivity index (χ0n) is 11.5. The third-order valence-electron chi connectivity index (χ3n) is 2.77. The van der Waals surface area contributed by atoms with Crippen molar-refractivity contribution in [1.82, 2.24) is 0 Å². The summed E-state index contributed by atoms with van der Waals surface area (Å²) in [6, 6.07) is 6.66. The lowest BCUT2D eigenvalue weighted by Gasteiger charge is -2.10. The van der Waals surface area contributed by atoms with E-state index in [0.717, 1.165) is 18.6 Å². The molecule has 0 heterocycles. The first-order chi connectivity index (χ1) is 8.99. The Morgan fingerprint density at radius 1 is 1.26 bits per heavy atom. The van der Waals surface area contributed by atoms with Gasteiger partial charge in [-0.15, -0.1) is 0 Å². The number of ether oxygens (including phenoxy) is 1. The smallest absolute Gasteiger partial charge is 0.178 e. The van der Waals surface area contributed by atoms with Gasteiger partial charge < -0.3 is 4.74 Å². The highest BCUT2D eigenvalue weighted by Gasteiger charge is 2.17. The molecule has 108 valence electrons. The van der Waals surface area contributed by atoms with Gasteiger partial charge in [-0.1, -0.05) is 20.3 Å². The molecule has 0 N–H and O–H groups in total. The van der Waals surface area contributed by atoms with Gasteiger partial charge in [-0.3, -0.25) is 0 Å². The number of unbranched alkanes of at least 4 members (excludes halogenated alkanes) is 1. The number of rotatable bonds is 8. The van der Waals surface area contributed by atoms with Gasteiger partial charge in [0.05, 0.1) is 17.3 Å². The standard InChI is InChI=1S/C14H22O3S2/c1-3-4-9-17-13-5-7-14(8-6-13)19(15,16)11-12(2)10-18/h5-8,12,18H,3-4,9-11H2,1-2H3. The summed E-state index contributed by atoms with van der Waals surface area (Å²) in [4.78, 5) is 0.351. The molecule has 1 unspecified atom stereocenters. The third-order valence-corrected chi connectivity index (χ3v) is 5.39. The van der Waals surface area contributed by atoms with Gasteiger partial charge in [0.15, 0.2) is 9.84 Å². The van der Waals surface area contributed by atoms with E-state index in [0.29, 0.717) is 17.3 Å². The molecule has 0 saturated heterocycles. The third kappa shape index (κ3) is 5.45. The van der Waals surface area contributed by atoms with Gasteiger partial charge in [0.1, 0.15) is 5.75 Å². The SMILES string of the molecule is CCCCOc1ccc(S(=O)(=O)CC(C)CS)cc1. The van der Waals surface area contributed by atoms with Gasteiger partial charge >= 0.3 is 0 Å². The Labute approximate surface area is 121 Å². The second kappa shape index (κ2) is 7.80. The minimum Gasteiger partial charge on any atom is -0.494 e. The maximum Gasteiger partial charge on any atom is 0.178 e. The average Bonchev–Trinajstić information content (AvgIpc) is 2.39. The van der Waals surface area contributed by atoms with Gasteiger partial charge in [-0.25, -0.2) is 8.42 Å². The van der Waals surface area contributed by atoms with E-state index in [-0.39, 0.29) is 11.7 Å². The van der Waals surface area contributed by atoms with E-state index in [9.17, 15) is 8.42 Å². The van der Waals surface area contributed by atoms with Crippen LogP contribution in [-0.2, 0) is 9.84 Å². The molecule has 0 spiro atoms. The lowest BCUT2D eigenvalue weighted by molar-refractivity contribution is 0.309. The Balaban J connectivity index is 2.69. The Bertz CT molecular complexity index is 466. The van der Waals surface area contributed by atoms with Crippen LogP contribution in [0.1, 0.15) is 26.7 Å². The van der Waals surface area contributed by atoms with Crippen LogP contribution in [0.3, 0.4) is 0 Å². The van der Waals surface area contributed by atoms with E-state index < -0.39 is 9.84 Å². The molecule has 0 bridgehead atoms. The molecule has 3 nitrogen and oxygen atoms in total. The number of sulfone groups is 1. The first-order valence-corrected chi connectivity index (χ1v) is 8.84. The normalized spacial score (nSPS) is 13.2. The van der Waals surface area contributed by atoms with Crippen molar-refractivity contribution >= 4 is 22.5 Å². The van der Waals surface area contributed by atoms with Crippen molar-refractivity contribution < 1.29 is 13.2 Å². The second-order valence-corrected chi connectivity index (χ2v) is 7.14. The topological polar surface area (TPSA) is 43.4 Å². The lowest BCUT2D eigenvalue weighted by atomic mass is 10.3. The second-order valence-electron chi connectivity index (χ2n) is 4.74. The van der Waals surface area contributed by atoms with Gasteiger partial charge in [-0.05, 0) is 42.4 Å². The number of hydrogen-bond acceptors (Lipinski definition) is 4. The van der Waals surface area contributed by atoms with Crippen LogP contribution in [-0.4, -0.2) is 26.5 Å². The predicted octanol–water partition coefficient (Wildman–Crippen LogP) is 3.21. The summed E-state index contributed by atoms with van der Waals surface area (Å²) in [5, 5.41) is 0. The molecule has 5 heteroatoms. The lowest BCUT2D eigenvalue weighted by Crippen LogP contribution is -2.15. The van der Waals surface area contributed by atoms with Crippen molar-refractivity contribution in [1.29, 1.82) is 0 Å². The number of hydrogen-bond donors (Lipinski definition) is 1. The van der Waals surface area contributed by atoms with Gasteiger partial charge in [-0.2, -0.15) is 12.6 Å². The Morgan fingerprint density at radius 3 is 2.42 bits per heavy atom. The van der Waals surface area contributed by atoms with Crippen molar-refractivity contribution in [2.24, 2.45) is 5.92 Å². The van der Waals surface area contributed by atoms with E-state index in [2.05, 4.69) is 19.6 Å². The maximum absolute atomic E-state index is 12.1. The summed E-state index contributed by atoms with van der Waals surface area (Å²) < 4.78 is 29.7. The molecule has 0 aliphatic heterocycles. The first-order valence-electron chi connectivity index (χ1n) is 6.56. The molecule has 19 heavy (non-hydrogen) atoms. The molecule has 0 aliphatic carbocycles. The molecular weight excluding hydrogens is 280 g/mol. The zero-order valence-corrected chi connectivity index (χ0v) is 13.2. The van der Waals surface area contributed by atoms with Crippen LogP contribution < -0.4 is 4.74 Å². The Morgan fingerprint density at radius 2 is 1.89 bits per heavy atom. The summed E-state index contributed by atoms with van der Waals surface area (Å²) in [7, 11) is -3.22. The molecule has 0 fully saturated rings. The average molecular weight is 302 g/mol. The van der Waals surface area contributed by atoms with Crippen LogP contribution in [0, 0.1) is 5.92 Å². The molecule has 0 saturated carbocycles. The molecule has 0 radical (unpaired) electrons. The molecule has 0 amide bonds. The Hall–Kier alpha value is -0.680. The van der Waals surface area contributed by atoms with Crippen molar-refractivity contribution in [3.63, 3.8) is 0 Å². The monoisotopic (exact) mass is 302 g/mol. The molecule has 1 aromatic carbocycles. The molecule has 1 aromatic rings. The van der Waals surface area contributed by atoms with E-state index in [1.54, 1.807) is 24.3 Å². The quantitative estimate of drug-likeness (QED) is 0.592. The molecule has 0 aliphatic rings. The van der Waals surface area contributed by atoms with Crippen LogP contribution in [0.25, 0.3) is 0 Å². The highest BCUT2D eigenvalue weighted by molar-refractivity contribution is 7.91. The van der Waals surface area contributed by atoms with Gasteiger partial charge in [0.25, 0.3) is 0 Å². The fourth-order valence-corrected chi connectivity index (χ4v) is 3.52.